The van der Waals surface area contributed by atoms with Crippen LogP contribution in [0.2, 0.25) is 10.0 Å². The van der Waals surface area contributed by atoms with Crippen LogP contribution in [0.25, 0.3) is 0 Å². The van der Waals surface area contributed by atoms with E-state index < -0.39 is 6.04 Å². The standard InChI is InChI=1S/C18H21Cl2N5O2S/c1-2-24-15(22-23-18(24)28)7-8-21-16(26)14-4-3-9-25(14)17(27)12-10-11(19)5-6-13(12)20/h5-6,10,14H,2-4,7-9H2,1H3,(H,21,26)(H,23,28). The zero-order valence-corrected chi connectivity index (χ0v) is 17.7. The van der Waals surface area contributed by atoms with E-state index >= 15 is 0 Å². The minimum Gasteiger partial charge on any atom is -0.354 e. The zero-order valence-electron chi connectivity index (χ0n) is 15.4. The van der Waals surface area contributed by atoms with E-state index in [0.29, 0.717) is 52.9 Å². The highest BCUT2D eigenvalue weighted by Gasteiger charge is 2.35. The van der Waals surface area contributed by atoms with Gasteiger partial charge in [-0.2, -0.15) is 5.10 Å². The van der Waals surface area contributed by atoms with Crippen LogP contribution in [0.5, 0.6) is 0 Å². The molecular weight excluding hydrogens is 421 g/mol. The Bertz CT molecular complexity index is 942. The quantitative estimate of drug-likeness (QED) is 0.673. The lowest BCUT2D eigenvalue weighted by atomic mass is 10.1. The molecule has 3 rings (SSSR count). The lowest BCUT2D eigenvalue weighted by molar-refractivity contribution is -0.124. The normalized spacial score (nSPS) is 16.4. The number of carbonyl (C=O) groups is 2. The smallest absolute Gasteiger partial charge is 0.256 e. The number of carbonyl (C=O) groups excluding carboxylic acids is 2. The van der Waals surface area contributed by atoms with Gasteiger partial charge in [-0.25, -0.2) is 0 Å². The molecule has 7 nitrogen and oxygen atoms in total. The molecule has 2 aromatic rings. The van der Waals surface area contributed by atoms with Gasteiger partial charge in [-0.1, -0.05) is 23.2 Å². The summed E-state index contributed by atoms with van der Waals surface area (Å²) in [6.07, 6.45) is 1.92. The molecule has 1 aromatic carbocycles. The molecule has 1 unspecified atom stereocenters. The summed E-state index contributed by atoms with van der Waals surface area (Å²) in [6.45, 7) is 3.61. The number of halogens is 2. The number of nitrogens with zero attached hydrogens (tertiary/aromatic N) is 3. The van der Waals surface area contributed by atoms with Gasteiger partial charge in [0.25, 0.3) is 5.91 Å². The highest BCUT2D eigenvalue weighted by Crippen LogP contribution is 2.26. The summed E-state index contributed by atoms with van der Waals surface area (Å²) in [5, 5.41) is 10.6. The van der Waals surface area contributed by atoms with Crippen LogP contribution in [-0.2, 0) is 17.8 Å². The lowest BCUT2D eigenvalue weighted by Crippen LogP contribution is -2.46. The van der Waals surface area contributed by atoms with Crippen LogP contribution in [0.1, 0.15) is 35.9 Å². The van der Waals surface area contributed by atoms with Crippen LogP contribution in [0.15, 0.2) is 18.2 Å². The Balaban J connectivity index is 1.63. The molecule has 2 N–H and O–H groups in total. The van der Waals surface area contributed by atoms with Crippen molar-refractivity contribution >= 4 is 47.2 Å². The molecule has 0 aliphatic carbocycles. The van der Waals surface area contributed by atoms with Gasteiger partial charge in [-0.3, -0.25) is 14.7 Å². The van der Waals surface area contributed by atoms with Crippen LogP contribution >= 0.6 is 35.4 Å². The Morgan fingerprint density at radius 3 is 2.93 bits per heavy atom. The van der Waals surface area contributed by atoms with E-state index in [4.69, 9.17) is 35.4 Å². The monoisotopic (exact) mass is 441 g/mol. The summed E-state index contributed by atoms with van der Waals surface area (Å²) < 4.78 is 2.45. The number of rotatable bonds is 6. The first kappa shape index (κ1) is 20.8. The van der Waals surface area contributed by atoms with E-state index in [-0.39, 0.29) is 11.8 Å². The lowest BCUT2D eigenvalue weighted by Gasteiger charge is -2.24. The summed E-state index contributed by atoms with van der Waals surface area (Å²) in [7, 11) is 0. The number of H-pyrrole nitrogens is 1. The van der Waals surface area contributed by atoms with E-state index in [2.05, 4.69) is 15.5 Å². The summed E-state index contributed by atoms with van der Waals surface area (Å²) >= 11 is 17.3. The molecule has 2 amide bonds. The Morgan fingerprint density at radius 1 is 1.39 bits per heavy atom. The van der Waals surface area contributed by atoms with Gasteiger partial charge in [0.1, 0.15) is 11.9 Å². The molecular formula is C18H21Cl2N5O2S. The van der Waals surface area contributed by atoms with Crippen LogP contribution < -0.4 is 5.32 Å². The molecule has 0 bridgehead atoms. The fraction of sp³-hybridized carbons (Fsp3) is 0.444. The van der Waals surface area contributed by atoms with Crippen molar-refractivity contribution in [2.75, 3.05) is 13.1 Å². The van der Waals surface area contributed by atoms with E-state index in [1.54, 1.807) is 17.0 Å². The Kier molecular flexibility index (Phi) is 6.74. The van der Waals surface area contributed by atoms with Gasteiger partial charge in [0, 0.05) is 31.1 Å². The minimum absolute atomic E-state index is 0.179. The second-order valence-electron chi connectivity index (χ2n) is 6.51. The molecule has 150 valence electrons. The first-order chi connectivity index (χ1) is 13.4. The Labute approximate surface area is 178 Å². The third-order valence-electron chi connectivity index (χ3n) is 4.78. The topological polar surface area (TPSA) is 83.0 Å². The SMILES string of the molecule is CCn1c(CCNC(=O)C2CCCN2C(=O)c2cc(Cl)ccc2Cl)n[nH]c1=S. The summed E-state index contributed by atoms with van der Waals surface area (Å²) in [4.78, 5) is 27.1. The molecule has 0 radical (unpaired) electrons. The summed E-state index contributed by atoms with van der Waals surface area (Å²) in [6, 6.07) is 4.23. The average molecular weight is 442 g/mol. The maximum Gasteiger partial charge on any atom is 0.256 e. The van der Waals surface area contributed by atoms with Gasteiger partial charge in [0.15, 0.2) is 4.77 Å². The second-order valence-corrected chi connectivity index (χ2v) is 7.74. The number of hydrogen-bond donors (Lipinski definition) is 2. The van der Waals surface area contributed by atoms with E-state index in [1.807, 2.05) is 11.5 Å². The second kappa shape index (κ2) is 9.07. The van der Waals surface area contributed by atoms with Crippen LogP contribution in [0, 0.1) is 4.77 Å². The molecule has 1 saturated heterocycles. The van der Waals surface area contributed by atoms with Gasteiger partial charge in [0.05, 0.1) is 10.6 Å². The molecule has 1 aliphatic heterocycles. The predicted molar refractivity (Wildman–Crippen MR) is 110 cm³/mol. The van der Waals surface area contributed by atoms with Gasteiger partial charge in [0.2, 0.25) is 5.91 Å². The Morgan fingerprint density at radius 2 is 2.18 bits per heavy atom. The number of nitrogens with one attached hydrogen (secondary N) is 2. The van der Waals surface area contributed by atoms with Crippen LogP contribution in [-0.4, -0.2) is 50.6 Å². The first-order valence-corrected chi connectivity index (χ1v) is 10.3. The minimum atomic E-state index is -0.519. The molecule has 0 spiro atoms. The predicted octanol–water partition coefficient (Wildman–Crippen LogP) is 3.23. The highest BCUT2D eigenvalue weighted by atomic mass is 35.5. The van der Waals surface area contributed by atoms with Gasteiger partial charge in [-0.05, 0) is 50.2 Å². The van der Waals surface area contributed by atoms with Crippen molar-refractivity contribution in [3.05, 3.63) is 44.4 Å². The fourth-order valence-corrected chi connectivity index (χ4v) is 4.03. The van der Waals surface area contributed by atoms with E-state index in [9.17, 15) is 9.59 Å². The largest absolute Gasteiger partial charge is 0.354 e. The molecule has 2 heterocycles. The third-order valence-corrected chi connectivity index (χ3v) is 5.65. The number of likely N-dealkylation sites (tertiary alicyclic amines) is 1. The van der Waals surface area contributed by atoms with Gasteiger partial charge >= 0.3 is 0 Å². The molecule has 1 aromatic heterocycles. The highest BCUT2D eigenvalue weighted by molar-refractivity contribution is 7.71. The fourth-order valence-electron chi connectivity index (χ4n) is 3.38. The van der Waals surface area contributed by atoms with Crippen molar-refractivity contribution in [3.8, 4) is 0 Å². The third kappa shape index (κ3) is 4.39. The number of amides is 2. The van der Waals surface area contributed by atoms with Gasteiger partial charge in [-0.15, -0.1) is 0 Å². The van der Waals surface area contributed by atoms with Crippen molar-refractivity contribution in [1.82, 2.24) is 25.0 Å². The van der Waals surface area contributed by atoms with Gasteiger partial charge < -0.3 is 14.8 Å². The van der Waals surface area contributed by atoms with E-state index in [1.165, 1.54) is 6.07 Å². The number of hydrogen-bond acceptors (Lipinski definition) is 4. The molecule has 1 aliphatic rings. The zero-order chi connectivity index (χ0) is 20.3. The summed E-state index contributed by atoms with van der Waals surface area (Å²) in [5.41, 5.74) is 0.312. The number of aromatic amines is 1. The van der Waals surface area contributed by atoms with Crippen LogP contribution in [0.4, 0.5) is 0 Å². The first-order valence-electron chi connectivity index (χ1n) is 9.10. The molecule has 1 fully saturated rings. The van der Waals surface area contributed by atoms with Crippen molar-refractivity contribution < 1.29 is 9.59 Å². The number of benzene rings is 1. The van der Waals surface area contributed by atoms with Crippen molar-refractivity contribution in [3.63, 3.8) is 0 Å². The number of aromatic nitrogens is 3. The molecule has 1 atom stereocenters. The van der Waals surface area contributed by atoms with Crippen molar-refractivity contribution in [2.24, 2.45) is 0 Å². The average Bonchev–Trinajstić information content (AvgIpc) is 3.30. The maximum atomic E-state index is 12.9. The molecule has 0 saturated carbocycles. The summed E-state index contributed by atoms with van der Waals surface area (Å²) in [5.74, 6) is 0.330. The van der Waals surface area contributed by atoms with Crippen molar-refractivity contribution in [2.45, 2.75) is 38.8 Å². The molecule has 10 heteroatoms. The van der Waals surface area contributed by atoms with Crippen LogP contribution in [0.3, 0.4) is 0 Å². The van der Waals surface area contributed by atoms with E-state index in [0.717, 1.165) is 12.2 Å². The Hall–Kier alpha value is -1.90. The van der Waals surface area contributed by atoms with Crippen molar-refractivity contribution in [1.29, 1.82) is 0 Å². The molecule has 28 heavy (non-hydrogen) atoms. The maximum absolute atomic E-state index is 12.9.